The maximum atomic E-state index is 13.4. The first kappa shape index (κ1) is 57.9. The lowest BCUT2D eigenvalue weighted by atomic mass is 9.32. The van der Waals surface area contributed by atoms with Gasteiger partial charge >= 0.3 is 11.9 Å². The molecular formula is C53H84O21. The van der Waals surface area contributed by atoms with Crippen molar-refractivity contribution in [2.45, 2.75) is 231 Å². The molecule has 0 aromatic rings. The van der Waals surface area contributed by atoms with Crippen LogP contribution in [0, 0.1) is 50.2 Å². The number of carbonyl (C=O) groups excluding carboxylic acids is 1. The number of aliphatic hydroxyl groups excluding tert-OH is 11. The molecule has 0 aromatic carbocycles. The molecule has 5 aliphatic carbocycles. The number of hydrogen-bond donors (Lipinski definition) is 12. The molecule has 3 aliphatic heterocycles. The van der Waals surface area contributed by atoms with Crippen molar-refractivity contribution < 1.29 is 104 Å². The fourth-order valence-electron chi connectivity index (χ4n) is 15.9. The number of fused-ring (bicyclic) bond motifs is 7. The molecule has 0 amide bonds. The second-order valence-corrected chi connectivity index (χ2v) is 25.1. The monoisotopic (exact) mass is 1060 g/mol. The van der Waals surface area contributed by atoms with Crippen molar-refractivity contribution in [3.63, 3.8) is 0 Å². The van der Waals surface area contributed by atoms with E-state index in [0.29, 0.717) is 50.5 Å². The van der Waals surface area contributed by atoms with Gasteiger partial charge in [-0.1, -0.05) is 66.2 Å². The number of aliphatic hydroxyl groups is 11. The van der Waals surface area contributed by atoms with E-state index < -0.39 is 175 Å². The van der Waals surface area contributed by atoms with Gasteiger partial charge in [0.15, 0.2) is 25.0 Å². The highest BCUT2D eigenvalue weighted by Gasteiger charge is 2.75. The van der Waals surface area contributed by atoms with Gasteiger partial charge in [0.25, 0.3) is 0 Å². The van der Waals surface area contributed by atoms with E-state index in [4.69, 9.17) is 33.2 Å². The molecule has 26 atom stereocenters. The molecule has 8 rings (SSSR count). The van der Waals surface area contributed by atoms with Crippen LogP contribution in [-0.2, 0) is 42.7 Å². The van der Waals surface area contributed by atoms with Crippen LogP contribution in [0.4, 0.5) is 0 Å². The third-order valence-corrected chi connectivity index (χ3v) is 20.5. The number of allylic oxidation sites excluding steroid dienone is 2. The molecule has 7 fully saturated rings. The van der Waals surface area contributed by atoms with Crippen LogP contribution in [0.2, 0.25) is 0 Å². The Bertz CT molecular complexity index is 2130. The number of carboxylic acid groups (broad SMARTS) is 1. The Kier molecular flexibility index (Phi) is 16.0. The van der Waals surface area contributed by atoms with Crippen LogP contribution in [0.1, 0.15) is 114 Å². The van der Waals surface area contributed by atoms with Crippen molar-refractivity contribution in [3.05, 3.63) is 23.3 Å². The number of esters is 1. The molecule has 0 aromatic heterocycles. The fourth-order valence-corrected chi connectivity index (χ4v) is 15.9. The van der Waals surface area contributed by atoms with Gasteiger partial charge < -0.3 is 94.4 Å². The van der Waals surface area contributed by atoms with Crippen molar-refractivity contribution in [1.82, 2.24) is 0 Å². The van der Waals surface area contributed by atoms with Crippen LogP contribution in [0.15, 0.2) is 23.3 Å². The SMILES string of the molecule is C/C=C(/C)C(=O)O[C@H]1CC(C)(C)C[C@H]2C3=CC[C@@H]4[C@@]5(C)CC[C@H](O[C@@H]6O[C@H](C(=O)O)[C@@H](O)[C@H](O[C@@H]7O[C@@H](C)[C@H](O)[C@@H](O)[C@H]7O)[C@H]6O[C@@H]6O[C@H](CO)[C@@H](O)[C@H](O)[C@H]6O)C(C)(C)[C@@H]5CC[C@@]4(C)[C@]3(C)[C@@H](O)[C@@H](O)[C@@]12CO. The highest BCUT2D eigenvalue weighted by atomic mass is 16.8. The van der Waals surface area contributed by atoms with Crippen LogP contribution >= 0.6 is 0 Å². The van der Waals surface area contributed by atoms with Gasteiger partial charge in [-0.25, -0.2) is 9.59 Å². The number of hydrogen-bond acceptors (Lipinski definition) is 20. The summed E-state index contributed by atoms with van der Waals surface area (Å²) in [6.45, 7) is 18.2. The lowest BCUT2D eigenvalue weighted by Gasteiger charge is -2.73. The standard InChI is InChI=1S/C53H84O21/c1-11-22(2)44(67)70-30-19-48(4,5)18-25-24-12-13-28-50(8)16-15-29(49(6,7)27(50)14-17-51(28,9)52(24,10)41(63)42(64)53(25,30)21-55)71-47-40(74-46-36(61)34(59)32(57)26(20-54)69-46)38(37(62)39(73-47)43(65)66)72-45-35(60)33(58)31(56)23(3)68-45/h11-12,23,25-42,45-47,54-64H,13-21H2,1-10H3,(H,65,66)/b22-11-/t23-,25-,26+,27-,28+,29-,30-,31-,32+,33+,34-,35+,36+,37-,38-,39-,40+,41-,42+,45-,46-,47+,50-,51+,52-,53+/m0/s1. The molecule has 21 heteroatoms. The van der Waals surface area contributed by atoms with Crippen LogP contribution < -0.4 is 0 Å². The first-order valence-electron chi connectivity index (χ1n) is 26.5. The smallest absolute Gasteiger partial charge is 0.335 e. The third kappa shape index (κ3) is 8.87. The molecular weight excluding hydrogens is 973 g/mol. The maximum absolute atomic E-state index is 13.4. The minimum absolute atomic E-state index is 0.0653. The van der Waals surface area contributed by atoms with Crippen molar-refractivity contribution in [2.24, 2.45) is 50.2 Å². The minimum atomic E-state index is -2.11. The Morgan fingerprint density at radius 3 is 1.93 bits per heavy atom. The average molecular weight is 1060 g/mol. The Balaban J connectivity index is 1.12. The highest BCUT2D eigenvalue weighted by molar-refractivity contribution is 5.87. The van der Waals surface area contributed by atoms with Gasteiger partial charge in [-0.05, 0) is 105 Å². The molecule has 74 heavy (non-hydrogen) atoms. The van der Waals surface area contributed by atoms with E-state index in [2.05, 4.69) is 33.8 Å². The zero-order valence-corrected chi connectivity index (χ0v) is 44.3. The van der Waals surface area contributed by atoms with E-state index in [-0.39, 0.29) is 17.3 Å². The minimum Gasteiger partial charge on any atom is -0.479 e. The Hall–Kier alpha value is -2.26. The first-order valence-corrected chi connectivity index (χ1v) is 26.5. The van der Waals surface area contributed by atoms with Crippen molar-refractivity contribution in [3.8, 4) is 0 Å². The summed E-state index contributed by atoms with van der Waals surface area (Å²) in [4.78, 5) is 26.3. The van der Waals surface area contributed by atoms with Crippen LogP contribution in [0.3, 0.4) is 0 Å². The molecule has 0 unspecified atom stereocenters. The summed E-state index contributed by atoms with van der Waals surface area (Å²) in [5.74, 6) is -2.77. The molecule has 12 N–H and O–H groups in total. The van der Waals surface area contributed by atoms with Gasteiger partial charge in [-0.3, -0.25) is 0 Å². The molecule has 3 heterocycles. The van der Waals surface area contributed by atoms with E-state index in [9.17, 15) is 70.9 Å². The summed E-state index contributed by atoms with van der Waals surface area (Å²) in [7, 11) is 0. The van der Waals surface area contributed by atoms with Gasteiger partial charge in [-0.15, -0.1) is 0 Å². The predicted molar refractivity (Wildman–Crippen MR) is 257 cm³/mol. The van der Waals surface area contributed by atoms with Gasteiger partial charge in [0.2, 0.25) is 0 Å². The summed E-state index contributed by atoms with van der Waals surface area (Å²) < 4.78 is 42.9. The molecule has 3 saturated heterocycles. The van der Waals surface area contributed by atoms with Crippen LogP contribution in [0.25, 0.3) is 0 Å². The molecule has 8 aliphatic rings. The molecule has 422 valence electrons. The number of aliphatic carboxylic acids is 1. The zero-order valence-electron chi connectivity index (χ0n) is 44.3. The first-order chi connectivity index (χ1) is 34.4. The van der Waals surface area contributed by atoms with Crippen molar-refractivity contribution in [1.29, 1.82) is 0 Å². The maximum Gasteiger partial charge on any atom is 0.335 e. The topological polar surface area (TPSA) is 342 Å². The van der Waals surface area contributed by atoms with Gasteiger partial charge in [-0.2, -0.15) is 0 Å². The highest BCUT2D eigenvalue weighted by Crippen LogP contribution is 2.76. The van der Waals surface area contributed by atoms with Gasteiger partial charge in [0, 0.05) is 11.0 Å². The normalized spacial score (nSPS) is 52.1. The summed E-state index contributed by atoms with van der Waals surface area (Å²) in [5, 5.41) is 134. The summed E-state index contributed by atoms with van der Waals surface area (Å²) in [6, 6.07) is 0. The Labute approximate surface area is 432 Å². The van der Waals surface area contributed by atoms with Gasteiger partial charge in [0.05, 0.1) is 43.0 Å². The van der Waals surface area contributed by atoms with E-state index >= 15 is 0 Å². The largest absolute Gasteiger partial charge is 0.479 e. The number of carboxylic acids is 1. The van der Waals surface area contributed by atoms with E-state index in [0.717, 1.165) is 5.57 Å². The fraction of sp³-hybridized carbons (Fsp3) is 0.887. The third-order valence-electron chi connectivity index (χ3n) is 20.5. The summed E-state index contributed by atoms with van der Waals surface area (Å²) >= 11 is 0. The predicted octanol–water partition coefficient (Wildman–Crippen LogP) is 0.163. The van der Waals surface area contributed by atoms with E-state index in [1.54, 1.807) is 19.9 Å². The second-order valence-electron chi connectivity index (χ2n) is 25.1. The number of rotatable bonds is 11. The van der Waals surface area contributed by atoms with Crippen LogP contribution in [-0.4, -0.2) is 203 Å². The quantitative estimate of drug-likeness (QED) is 0.0568. The van der Waals surface area contributed by atoms with E-state index in [1.165, 1.54) is 6.92 Å². The summed E-state index contributed by atoms with van der Waals surface area (Å²) in [6.07, 6.45) is -23.6. The molecule has 4 saturated carbocycles. The second kappa shape index (κ2) is 20.4. The molecule has 21 nitrogen and oxygen atoms in total. The summed E-state index contributed by atoms with van der Waals surface area (Å²) in [5.41, 5.74) is -3.16. The molecule has 0 bridgehead atoms. The molecule has 0 radical (unpaired) electrons. The van der Waals surface area contributed by atoms with Crippen molar-refractivity contribution >= 4 is 11.9 Å². The average Bonchev–Trinajstić information content (AvgIpc) is 3.33. The Morgan fingerprint density at radius 2 is 1.32 bits per heavy atom. The lowest BCUT2D eigenvalue weighted by Crippen LogP contribution is -2.74. The number of carbonyl (C=O) groups is 2. The van der Waals surface area contributed by atoms with Gasteiger partial charge in [0.1, 0.15) is 67.1 Å². The van der Waals surface area contributed by atoms with Crippen molar-refractivity contribution in [2.75, 3.05) is 13.2 Å². The number of ether oxygens (including phenoxy) is 7. The van der Waals surface area contributed by atoms with E-state index in [1.807, 2.05) is 20.8 Å². The zero-order chi connectivity index (χ0) is 54.7. The Morgan fingerprint density at radius 1 is 0.703 bits per heavy atom. The lowest BCUT2D eigenvalue weighted by molar-refractivity contribution is -0.395. The van der Waals surface area contributed by atoms with Crippen LogP contribution in [0.5, 0.6) is 0 Å². The molecule has 0 spiro atoms.